The summed E-state index contributed by atoms with van der Waals surface area (Å²) in [6.45, 7) is 1.68. The lowest BCUT2D eigenvalue weighted by molar-refractivity contribution is 0.0953. The van der Waals surface area contributed by atoms with Gasteiger partial charge in [0.05, 0.1) is 16.8 Å². The van der Waals surface area contributed by atoms with Crippen LogP contribution in [0.15, 0.2) is 24.3 Å². The van der Waals surface area contributed by atoms with E-state index in [1.165, 1.54) is 12.1 Å². The zero-order chi connectivity index (χ0) is 11.7. The Kier molecular flexibility index (Phi) is 2.54. The van der Waals surface area contributed by atoms with E-state index in [0.717, 1.165) is 0 Å². The van der Waals surface area contributed by atoms with Crippen LogP contribution < -0.4 is 11.3 Å². The molecule has 0 spiro atoms. The fraction of sp³-hybridized carbons (Fsp3) is 0.0909. The van der Waals surface area contributed by atoms with E-state index < -0.39 is 5.91 Å². The minimum atomic E-state index is -0.406. The van der Waals surface area contributed by atoms with Gasteiger partial charge in [-0.15, -0.1) is 0 Å². The molecule has 0 saturated carbocycles. The Morgan fingerprint density at radius 1 is 1.44 bits per heavy atom. The van der Waals surface area contributed by atoms with Crippen LogP contribution in [0.2, 0.25) is 0 Å². The fourth-order valence-corrected chi connectivity index (χ4v) is 1.54. The average Bonchev–Trinajstić information content (AvgIpc) is 2.27. The Labute approximate surface area is 91.2 Å². The maximum atomic E-state index is 13.0. The van der Waals surface area contributed by atoms with E-state index in [1.54, 1.807) is 19.1 Å². The number of amides is 1. The number of nitrogen functional groups attached to an aromatic ring is 1. The number of halogens is 1. The average molecular weight is 219 g/mol. The summed E-state index contributed by atoms with van der Waals surface area (Å²) in [5, 5.41) is 0.700. The van der Waals surface area contributed by atoms with Crippen molar-refractivity contribution >= 4 is 16.8 Å². The zero-order valence-electron chi connectivity index (χ0n) is 8.62. The lowest BCUT2D eigenvalue weighted by atomic mass is 10.1. The molecule has 1 heterocycles. The molecule has 0 atom stereocenters. The number of nitrogens with two attached hydrogens (primary N) is 1. The first-order valence-electron chi connectivity index (χ1n) is 4.69. The molecule has 0 aliphatic heterocycles. The molecule has 2 aromatic rings. The molecule has 1 amide bonds. The Bertz CT molecular complexity index is 568. The molecule has 82 valence electrons. The van der Waals surface area contributed by atoms with Crippen LogP contribution in [0.25, 0.3) is 10.9 Å². The number of aryl methyl sites for hydroxylation is 1. The van der Waals surface area contributed by atoms with Gasteiger partial charge in [-0.1, -0.05) is 0 Å². The van der Waals surface area contributed by atoms with Crippen molar-refractivity contribution in [3.8, 4) is 0 Å². The number of rotatable bonds is 1. The number of benzene rings is 1. The first kappa shape index (κ1) is 10.5. The maximum Gasteiger partial charge on any atom is 0.267 e. The SMILES string of the molecule is Cc1nc2cc(F)ccc2cc1C(=O)NN. The third kappa shape index (κ3) is 1.72. The number of carbonyl (C=O) groups excluding carboxylic acids is 1. The van der Waals surface area contributed by atoms with Crippen molar-refractivity contribution in [1.29, 1.82) is 0 Å². The normalized spacial score (nSPS) is 10.4. The van der Waals surface area contributed by atoms with Crippen molar-refractivity contribution in [2.45, 2.75) is 6.92 Å². The predicted molar refractivity (Wildman–Crippen MR) is 58.1 cm³/mol. The molecule has 0 bridgehead atoms. The number of hydrazine groups is 1. The molecule has 0 fully saturated rings. The van der Waals surface area contributed by atoms with Crippen LogP contribution in [0, 0.1) is 12.7 Å². The van der Waals surface area contributed by atoms with Gasteiger partial charge in [0.15, 0.2) is 0 Å². The van der Waals surface area contributed by atoms with Gasteiger partial charge in [0.2, 0.25) is 0 Å². The standard InChI is InChI=1S/C11H10FN3O/c1-6-9(11(16)15-13)4-7-2-3-8(12)5-10(7)14-6/h2-5H,13H2,1H3,(H,15,16). The van der Waals surface area contributed by atoms with Crippen molar-refractivity contribution in [2.75, 3.05) is 0 Å². The predicted octanol–water partition coefficient (Wildman–Crippen LogP) is 1.29. The molecule has 0 aliphatic carbocycles. The molecule has 16 heavy (non-hydrogen) atoms. The largest absolute Gasteiger partial charge is 0.290 e. The first-order chi connectivity index (χ1) is 7.61. The van der Waals surface area contributed by atoms with Crippen LogP contribution in [0.4, 0.5) is 4.39 Å². The van der Waals surface area contributed by atoms with Gasteiger partial charge in [-0.25, -0.2) is 10.2 Å². The van der Waals surface area contributed by atoms with E-state index >= 15 is 0 Å². The van der Waals surface area contributed by atoms with Crippen molar-refractivity contribution in [3.05, 3.63) is 41.3 Å². The first-order valence-corrected chi connectivity index (χ1v) is 4.69. The molecule has 2 rings (SSSR count). The van der Waals surface area contributed by atoms with Crippen LogP contribution in [-0.4, -0.2) is 10.9 Å². The van der Waals surface area contributed by atoms with E-state index in [2.05, 4.69) is 4.98 Å². The van der Waals surface area contributed by atoms with Gasteiger partial charge in [-0.2, -0.15) is 0 Å². The van der Waals surface area contributed by atoms with Crippen LogP contribution in [0.3, 0.4) is 0 Å². The maximum absolute atomic E-state index is 13.0. The van der Waals surface area contributed by atoms with E-state index in [9.17, 15) is 9.18 Å². The monoisotopic (exact) mass is 219 g/mol. The Hall–Kier alpha value is -2.01. The highest BCUT2D eigenvalue weighted by Crippen LogP contribution is 2.17. The number of pyridine rings is 1. The van der Waals surface area contributed by atoms with Gasteiger partial charge >= 0.3 is 0 Å². The van der Waals surface area contributed by atoms with E-state index in [4.69, 9.17) is 5.84 Å². The summed E-state index contributed by atoms with van der Waals surface area (Å²) in [5.74, 6) is 4.30. The van der Waals surface area contributed by atoms with E-state index in [0.29, 0.717) is 22.2 Å². The highest BCUT2D eigenvalue weighted by molar-refractivity contribution is 5.98. The summed E-state index contributed by atoms with van der Waals surface area (Å²) in [6.07, 6.45) is 0. The van der Waals surface area contributed by atoms with Gasteiger partial charge < -0.3 is 0 Å². The van der Waals surface area contributed by atoms with Gasteiger partial charge in [0, 0.05) is 11.5 Å². The number of hydrogen-bond acceptors (Lipinski definition) is 3. The lowest BCUT2D eigenvalue weighted by Gasteiger charge is -2.05. The second-order valence-corrected chi connectivity index (χ2v) is 3.43. The van der Waals surface area contributed by atoms with Crippen molar-refractivity contribution < 1.29 is 9.18 Å². The quantitative estimate of drug-likeness (QED) is 0.431. The summed E-state index contributed by atoms with van der Waals surface area (Å²) in [4.78, 5) is 15.5. The number of carbonyl (C=O) groups is 1. The number of hydrogen-bond donors (Lipinski definition) is 2. The second-order valence-electron chi connectivity index (χ2n) is 3.43. The molecular formula is C11H10FN3O. The lowest BCUT2D eigenvalue weighted by Crippen LogP contribution is -2.30. The molecule has 5 heteroatoms. The number of nitrogens with one attached hydrogen (secondary N) is 1. The molecule has 0 aliphatic rings. The van der Waals surface area contributed by atoms with Crippen molar-refractivity contribution in [2.24, 2.45) is 5.84 Å². The van der Waals surface area contributed by atoms with Crippen LogP contribution in [-0.2, 0) is 0 Å². The van der Waals surface area contributed by atoms with Gasteiger partial charge in [-0.3, -0.25) is 15.2 Å². The molecule has 0 unspecified atom stereocenters. The molecular weight excluding hydrogens is 209 g/mol. The number of nitrogens with zero attached hydrogens (tertiary/aromatic N) is 1. The van der Waals surface area contributed by atoms with Crippen molar-refractivity contribution in [1.82, 2.24) is 10.4 Å². The zero-order valence-corrected chi connectivity index (χ0v) is 8.62. The molecule has 4 nitrogen and oxygen atoms in total. The summed E-state index contributed by atoms with van der Waals surface area (Å²) in [6, 6.07) is 5.86. The van der Waals surface area contributed by atoms with Crippen molar-refractivity contribution in [3.63, 3.8) is 0 Å². The summed E-state index contributed by atoms with van der Waals surface area (Å²) in [7, 11) is 0. The van der Waals surface area contributed by atoms with Gasteiger partial charge in [-0.05, 0) is 25.1 Å². The molecule has 1 aromatic carbocycles. The summed E-state index contributed by atoms with van der Waals surface area (Å²) < 4.78 is 13.0. The summed E-state index contributed by atoms with van der Waals surface area (Å²) in [5.41, 5.74) is 3.47. The Morgan fingerprint density at radius 2 is 2.19 bits per heavy atom. The highest BCUT2D eigenvalue weighted by atomic mass is 19.1. The fourth-order valence-electron chi connectivity index (χ4n) is 1.54. The third-order valence-corrected chi connectivity index (χ3v) is 2.35. The molecule has 3 N–H and O–H groups in total. The second kappa shape index (κ2) is 3.86. The van der Waals surface area contributed by atoms with E-state index in [1.807, 2.05) is 5.43 Å². The van der Waals surface area contributed by atoms with Crippen LogP contribution in [0.5, 0.6) is 0 Å². The highest BCUT2D eigenvalue weighted by Gasteiger charge is 2.10. The topological polar surface area (TPSA) is 68.0 Å². The minimum Gasteiger partial charge on any atom is -0.290 e. The van der Waals surface area contributed by atoms with Gasteiger partial charge in [0.1, 0.15) is 5.82 Å². The van der Waals surface area contributed by atoms with Crippen LogP contribution >= 0.6 is 0 Å². The van der Waals surface area contributed by atoms with E-state index in [-0.39, 0.29) is 5.82 Å². The molecule has 0 saturated heterocycles. The third-order valence-electron chi connectivity index (χ3n) is 2.35. The smallest absolute Gasteiger partial charge is 0.267 e. The van der Waals surface area contributed by atoms with Gasteiger partial charge in [0.25, 0.3) is 5.91 Å². The number of aromatic nitrogens is 1. The Balaban J connectivity index is 2.67. The summed E-state index contributed by atoms with van der Waals surface area (Å²) >= 11 is 0. The van der Waals surface area contributed by atoms with Crippen LogP contribution in [0.1, 0.15) is 16.1 Å². The molecule has 1 aromatic heterocycles. The minimum absolute atomic E-state index is 0.351. The Morgan fingerprint density at radius 3 is 2.88 bits per heavy atom. The number of fused-ring (bicyclic) bond motifs is 1. The molecule has 0 radical (unpaired) electrons.